The van der Waals surface area contributed by atoms with Gasteiger partial charge >= 0.3 is 0 Å². The lowest BCUT2D eigenvalue weighted by Gasteiger charge is -2.24. The Balaban J connectivity index is 2.24. The summed E-state index contributed by atoms with van der Waals surface area (Å²) in [6.45, 7) is 3.44. The molecule has 1 fully saturated rings. The number of hydrogen-bond donors (Lipinski definition) is 1. The molecule has 1 saturated heterocycles. The molecular formula is C12H18ClN3O2. The van der Waals surface area contributed by atoms with Crippen molar-refractivity contribution in [2.45, 2.75) is 31.8 Å². The zero-order valence-corrected chi connectivity index (χ0v) is 11.4. The lowest BCUT2D eigenvalue weighted by Crippen LogP contribution is -2.29. The van der Waals surface area contributed by atoms with Crippen LogP contribution >= 0.6 is 11.6 Å². The largest absolute Gasteiger partial charge is 0.490 e. The Morgan fingerprint density at radius 1 is 1.39 bits per heavy atom. The van der Waals surface area contributed by atoms with Crippen molar-refractivity contribution in [2.75, 3.05) is 25.1 Å². The smallest absolute Gasteiger partial charge is 0.199 e. The molecule has 6 heteroatoms. The average Bonchev–Trinajstić information content (AvgIpc) is 2.50. The van der Waals surface area contributed by atoms with Crippen molar-refractivity contribution in [1.82, 2.24) is 9.97 Å². The first-order valence-electron chi connectivity index (χ1n) is 6.05. The van der Waals surface area contributed by atoms with Crippen molar-refractivity contribution in [1.29, 1.82) is 0 Å². The molecule has 0 amide bonds. The molecule has 1 aliphatic heterocycles. The number of rotatable bonds is 2. The van der Waals surface area contributed by atoms with E-state index in [0.29, 0.717) is 23.1 Å². The minimum atomic E-state index is -0.598. The topological polar surface area (TPSA) is 58.5 Å². The van der Waals surface area contributed by atoms with Crippen LogP contribution in [0.3, 0.4) is 0 Å². The molecule has 18 heavy (non-hydrogen) atoms. The highest BCUT2D eigenvalue weighted by molar-refractivity contribution is 6.31. The summed E-state index contributed by atoms with van der Waals surface area (Å²) < 4.78 is 5.26. The number of nitrogens with zero attached hydrogens (tertiary/aromatic N) is 3. The summed E-state index contributed by atoms with van der Waals surface area (Å²) in [5.74, 6) is 1.20. The van der Waals surface area contributed by atoms with Crippen LogP contribution in [0, 0.1) is 0 Å². The molecule has 1 aromatic heterocycles. The summed E-state index contributed by atoms with van der Waals surface area (Å²) in [4.78, 5) is 10.2. The third-order valence-electron chi connectivity index (χ3n) is 3.31. The van der Waals surface area contributed by atoms with Gasteiger partial charge in [0, 0.05) is 13.1 Å². The van der Waals surface area contributed by atoms with E-state index in [0.717, 1.165) is 25.9 Å². The third-order valence-corrected chi connectivity index (χ3v) is 3.58. The van der Waals surface area contributed by atoms with Gasteiger partial charge in [0.15, 0.2) is 16.7 Å². The van der Waals surface area contributed by atoms with Gasteiger partial charge in [-0.05, 0) is 26.2 Å². The van der Waals surface area contributed by atoms with Crippen LogP contribution in [0.4, 0.5) is 5.82 Å². The second kappa shape index (κ2) is 5.28. The van der Waals surface area contributed by atoms with Crippen LogP contribution in [0.5, 0.6) is 5.75 Å². The number of hydrogen-bond acceptors (Lipinski definition) is 5. The minimum Gasteiger partial charge on any atom is -0.490 e. The average molecular weight is 272 g/mol. The molecule has 0 aromatic carbocycles. The second-order valence-corrected chi connectivity index (χ2v) is 5.22. The molecular weight excluding hydrogens is 254 g/mol. The number of anilines is 1. The molecule has 100 valence electrons. The Kier molecular flexibility index (Phi) is 3.92. The van der Waals surface area contributed by atoms with Crippen molar-refractivity contribution in [2.24, 2.45) is 0 Å². The van der Waals surface area contributed by atoms with Gasteiger partial charge in [-0.25, -0.2) is 9.97 Å². The molecule has 1 aromatic rings. The maximum atomic E-state index is 10.1. The minimum absolute atomic E-state index is 0.318. The van der Waals surface area contributed by atoms with E-state index in [4.69, 9.17) is 16.3 Å². The Hall–Kier alpha value is -1.07. The third kappa shape index (κ3) is 2.84. The normalized spacial score (nSPS) is 24.8. The van der Waals surface area contributed by atoms with Gasteiger partial charge in [-0.2, -0.15) is 0 Å². The highest BCUT2D eigenvalue weighted by atomic mass is 35.5. The van der Waals surface area contributed by atoms with Crippen molar-refractivity contribution < 1.29 is 9.84 Å². The van der Waals surface area contributed by atoms with Crippen LogP contribution in [0.2, 0.25) is 5.15 Å². The van der Waals surface area contributed by atoms with E-state index in [1.807, 2.05) is 6.92 Å². The van der Waals surface area contributed by atoms with Crippen molar-refractivity contribution in [3.05, 3.63) is 11.5 Å². The number of ether oxygens (including phenoxy) is 1. The molecule has 2 heterocycles. The van der Waals surface area contributed by atoms with Crippen molar-refractivity contribution >= 4 is 17.4 Å². The zero-order valence-electron chi connectivity index (χ0n) is 10.7. The first-order valence-corrected chi connectivity index (χ1v) is 6.43. The van der Waals surface area contributed by atoms with Gasteiger partial charge in [0.05, 0.1) is 12.7 Å². The van der Waals surface area contributed by atoms with E-state index >= 15 is 0 Å². The van der Waals surface area contributed by atoms with E-state index in [2.05, 4.69) is 14.9 Å². The number of methoxy groups -OCH3 is 1. The Labute approximate surface area is 112 Å². The van der Waals surface area contributed by atoms with Gasteiger partial charge in [0.2, 0.25) is 0 Å². The van der Waals surface area contributed by atoms with E-state index in [9.17, 15) is 5.11 Å². The van der Waals surface area contributed by atoms with E-state index in [1.165, 1.54) is 6.33 Å². The number of aromatic nitrogens is 2. The molecule has 1 N–H and O–H groups in total. The van der Waals surface area contributed by atoms with Crippen LogP contribution in [0.15, 0.2) is 6.33 Å². The summed E-state index contributed by atoms with van der Waals surface area (Å²) in [7, 11) is 1.56. The maximum Gasteiger partial charge on any atom is 0.199 e. The fourth-order valence-corrected chi connectivity index (χ4v) is 2.43. The number of aliphatic hydroxyl groups is 1. The van der Waals surface area contributed by atoms with Crippen LogP contribution in [0.25, 0.3) is 0 Å². The summed E-state index contributed by atoms with van der Waals surface area (Å²) >= 11 is 5.99. The fourth-order valence-electron chi connectivity index (χ4n) is 2.22. The predicted octanol–water partition coefficient (Wildman–Crippen LogP) is 1.88. The molecule has 2 rings (SSSR count). The van der Waals surface area contributed by atoms with Gasteiger partial charge in [0.25, 0.3) is 0 Å². The Morgan fingerprint density at radius 3 is 2.89 bits per heavy atom. The second-order valence-electron chi connectivity index (χ2n) is 4.86. The first-order chi connectivity index (χ1) is 8.53. The SMILES string of the molecule is COc1c(Cl)ncnc1N1CCCC(C)(O)CC1. The van der Waals surface area contributed by atoms with Gasteiger partial charge < -0.3 is 14.7 Å². The molecule has 0 saturated carbocycles. The molecule has 0 bridgehead atoms. The Bertz CT molecular complexity index is 426. The van der Waals surface area contributed by atoms with E-state index < -0.39 is 5.60 Å². The lowest BCUT2D eigenvalue weighted by molar-refractivity contribution is 0.0481. The molecule has 1 unspecified atom stereocenters. The van der Waals surface area contributed by atoms with Gasteiger partial charge in [0.1, 0.15) is 6.33 Å². The highest BCUT2D eigenvalue weighted by Gasteiger charge is 2.27. The van der Waals surface area contributed by atoms with Crippen molar-refractivity contribution in [3.63, 3.8) is 0 Å². The summed E-state index contributed by atoms with van der Waals surface area (Å²) in [6, 6.07) is 0. The summed E-state index contributed by atoms with van der Waals surface area (Å²) in [6.07, 6.45) is 3.85. The van der Waals surface area contributed by atoms with E-state index in [1.54, 1.807) is 7.11 Å². The summed E-state index contributed by atoms with van der Waals surface area (Å²) in [5, 5.41) is 10.4. The number of halogens is 1. The molecule has 1 aliphatic rings. The van der Waals surface area contributed by atoms with Gasteiger partial charge in [-0.1, -0.05) is 11.6 Å². The van der Waals surface area contributed by atoms with Crippen LogP contribution in [0.1, 0.15) is 26.2 Å². The van der Waals surface area contributed by atoms with Crippen LogP contribution in [-0.4, -0.2) is 40.9 Å². The standard InChI is InChI=1S/C12H18ClN3O2/c1-12(17)4-3-6-16(7-5-12)11-9(18-2)10(13)14-8-15-11/h8,17H,3-7H2,1-2H3. The molecule has 1 atom stereocenters. The Morgan fingerprint density at radius 2 is 2.17 bits per heavy atom. The summed E-state index contributed by atoms with van der Waals surface area (Å²) in [5.41, 5.74) is -0.598. The highest BCUT2D eigenvalue weighted by Crippen LogP contribution is 2.33. The van der Waals surface area contributed by atoms with Crippen molar-refractivity contribution in [3.8, 4) is 5.75 Å². The molecule has 0 radical (unpaired) electrons. The monoisotopic (exact) mass is 271 g/mol. The molecule has 0 spiro atoms. The van der Waals surface area contributed by atoms with Crippen LogP contribution in [-0.2, 0) is 0 Å². The molecule has 5 nitrogen and oxygen atoms in total. The lowest BCUT2D eigenvalue weighted by atomic mass is 9.98. The van der Waals surface area contributed by atoms with Gasteiger partial charge in [-0.15, -0.1) is 0 Å². The quantitative estimate of drug-likeness (QED) is 0.833. The molecule has 0 aliphatic carbocycles. The fraction of sp³-hybridized carbons (Fsp3) is 0.667. The maximum absolute atomic E-state index is 10.1. The van der Waals surface area contributed by atoms with Gasteiger partial charge in [-0.3, -0.25) is 0 Å². The predicted molar refractivity (Wildman–Crippen MR) is 70.3 cm³/mol. The first kappa shape index (κ1) is 13.4. The van der Waals surface area contributed by atoms with Crippen LogP contribution < -0.4 is 9.64 Å². The zero-order chi connectivity index (χ0) is 13.2. The van der Waals surface area contributed by atoms with E-state index in [-0.39, 0.29) is 0 Å².